The summed E-state index contributed by atoms with van der Waals surface area (Å²) in [5.41, 5.74) is 5.46. The molecule has 5 nitrogen and oxygen atoms in total. The fourth-order valence-corrected chi connectivity index (χ4v) is 4.67. The summed E-state index contributed by atoms with van der Waals surface area (Å²) in [6.45, 7) is 5.22. The zero-order chi connectivity index (χ0) is 21.9. The zero-order valence-corrected chi connectivity index (χ0v) is 18.4. The van der Waals surface area contributed by atoms with Gasteiger partial charge in [-0.15, -0.1) is 0 Å². The van der Waals surface area contributed by atoms with Crippen LogP contribution in [0.4, 0.5) is 0 Å². The molecule has 1 amide bonds. The van der Waals surface area contributed by atoms with Crippen LogP contribution >= 0.6 is 0 Å². The maximum atomic E-state index is 13.0. The third-order valence-electron chi connectivity index (χ3n) is 6.32. The van der Waals surface area contributed by atoms with Gasteiger partial charge in [0, 0.05) is 38.6 Å². The monoisotopic (exact) mass is 424 g/mol. The number of benzene rings is 2. The molecule has 1 aliphatic heterocycles. The van der Waals surface area contributed by atoms with Crippen LogP contribution in [0.3, 0.4) is 0 Å². The second-order valence-electron chi connectivity index (χ2n) is 8.47. The average Bonchev–Trinajstić information content (AvgIpc) is 3.25. The van der Waals surface area contributed by atoms with Crippen molar-refractivity contribution in [3.05, 3.63) is 108 Å². The molecular weight excluding hydrogens is 396 g/mol. The second-order valence-corrected chi connectivity index (χ2v) is 8.47. The highest BCUT2D eigenvalue weighted by atomic mass is 16.2. The van der Waals surface area contributed by atoms with E-state index >= 15 is 0 Å². The molecule has 0 radical (unpaired) electrons. The first kappa shape index (κ1) is 20.5. The van der Waals surface area contributed by atoms with E-state index in [0.29, 0.717) is 6.42 Å². The molecule has 4 aromatic rings. The molecule has 32 heavy (non-hydrogen) atoms. The zero-order valence-electron chi connectivity index (χ0n) is 18.4. The van der Waals surface area contributed by atoms with Crippen LogP contribution in [-0.2, 0) is 11.2 Å². The molecule has 3 heterocycles. The largest absolute Gasteiger partial charge is 0.340 e. The SMILES string of the molecule is Cc1cccn2cc(CC(=O)N3CCN(C(c4ccccc4)c4ccccc4)CC3)nc12. The van der Waals surface area contributed by atoms with Gasteiger partial charge in [0.2, 0.25) is 5.91 Å². The molecule has 0 N–H and O–H groups in total. The molecule has 5 heteroatoms. The maximum absolute atomic E-state index is 13.0. The number of imidazole rings is 1. The van der Waals surface area contributed by atoms with Crippen LogP contribution in [0.1, 0.15) is 28.4 Å². The Morgan fingerprint density at radius 3 is 2.09 bits per heavy atom. The lowest BCUT2D eigenvalue weighted by atomic mass is 9.96. The van der Waals surface area contributed by atoms with E-state index in [9.17, 15) is 4.79 Å². The lowest BCUT2D eigenvalue weighted by molar-refractivity contribution is -0.132. The van der Waals surface area contributed by atoms with Crippen LogP contribution in [0.2, 0.25) is 0 Å². The number of rotatable bonds is 5. The molecule has 1 fully saturated rings. The third-order valence-corrected chi connectivity index (χ3v) is 6.32. The van der Waals surface area contributed by atoms with Gasteiger partial charge in [0.25, 0.3) is 0 Å². The molecule has 5 rings (SSSR count). The van der Waals surface area contributed by atoms with E-state index in [1.807, 2.05) is 40.8 Å². The van der Waals surface area contributed by atoms with Crippen molar-refractivity contribution in [3.8, 4) is 0 Å². The number of hydrogen-bond donors (Lipinski definition) is 0. The van der Waals surface area contributed by atoms with Gasteiger partial charge >= 0.3 is 0 Å². The van der Waals surface area contributed by atoms with Crippen molar-refractivity contribution >= 4 is 11.6 Å². The Morgan fingerprint density at radius 1 is 0.875 bits per heavy atom. The summed E-state index contributed by atoms with van der Waals surface area (Å²) in [5.74, 6) is 0.154. The van der Waals surface area contributed by atoms with E-state index < -0.39 is 0 Å². The average molecular weight is 425 g/mol. The number of nitrogens with zero attached hydrogens (tertiary/aromatic N) is 4. The highest BCUT2D eigenvalue weighted by Crippen LogP contribution is 2.29. The van der Waals surface area contributed by atoms with E-state index in [0.717, 1.165) is 43.1 Å². The van der Waals surface area contributed by atoms with Crippen molar-refractivity contribution in [2.75, 3.05) is 26.2 Å². The van der Waals surface area contributed by atoms with Crippen molar-refractivity contribution in [1.29, 1.82) is 0 Å². The molecule has 0 aliphatic carbocycles. The summed E-state index contributed by atoms with van der Waals surface area (Å²) < 4.78 is 2.00. The number of carbonyl (C=O) groups excluding carboxylic acids is 1. The van der Waals surface area contributed by atoms with Gasteiger partial charge in [-0.1, -0.05) is 66.7 Å². The molecule has 0 bridgehead atoms. The normalized spacial score (nSPS) is 14.9. The fraction of sp³-hybridized carbons (Fsp3) is 0.259. The summed E-state index contributed by atoms with van der Waals surface area (Å²) in [4.78, 5) is 22.2. The number of amides is 1. The highest BCUT2D eigenvalue weighted by Gasteiger charge is 2.28. The standard InChI is InChI=1S/C27H28N4O/c1-21-9-8-14-31-20-24(28-27(21)31)19-25(32)29-15-17-30(18-16-29)26(22-10-4-2-5-11-22)23-12-6-3-7-13-23/h2-14,20,26H,15-19H2,1H3. The van der Waals surface area contributed by atoms with Crippen molar-refractivity contribution in [2.45, 2.75) is 19.4 Å². The lowest BCUT2D eigenvalue weighted by Crippen LogP contribution is -2.50. The van der Waals surface area contributed by atoms with Crippen molar-refractivity contribution in [1.82, 2.24) is 19.2 Å². The topological polar surface area (TPSA) is 40.9 Å². The summed E-state index contributed by atoms with van der Waals surface area (Å²) in [5, 5.41) is 0. The second kappa shape index (κ2) is 8.97. The van der Waals surface area contributed by atoms with Crippen molar-refractivity contribution in [2.24, 2.45) is 0 Å². The van der Waals surface area contributed by atoms with Crippen molar-refractivity contribution < 1.29 is 4.79 Å². The van der Waals surface area contributed by atoms with E-state index in [1.54, 1.807) is 0 Å². The fourth-order valence-electron chi connectivity index (χ4n) is 4.67. The number of piperazine rings is 1. The Labute approximate surface area is 188 Å². The van der Waals surface area contributed by atoms with Crippen molar-refractivity contribution in [3.63, 3.8) is 0 Å². The van der Waals surface area contributed by atoms with Gasteiger partial charge in [0.1, 0.15) is 5.65 Å². The van der Waals surface area contributed by atoms with Gasteiger partial charge in [-0.2, -0.15) is 0 Å². The molecule has 1 saturated heterocycles. The lowest BCUT2D eigenvalue weighted by Gasteiger charge is -2.39. The van der Waals surface area contributed by atoms with Crippen LogP contribution in [0.5, 0.6) is 0 Å². The number of hydrogen-bond acceptors (Lipinski definition) is 3. The summed E-state index contributed by atoms with van der Waals surface area (Å²) in [6.07, 6.45) is 4.30. The number of aryl methyl sites for hydroxylation is 1. The predicted molar refractivity (Wildman–Crippen MR) is 127 cm³/mol. The molecular formula is C27H28N4O. The van der Waals surface area contributed by atoms with E-state index in [1.165, 1.54) is 11.1 Å². The number of pyridine rings is 1. The predicted octanol–water partition coefficient (Wildman–Crippen LogP) is 4.12. The summed E-state index contributed by atoms with van der Waals surface area (Å²) in [6, 6.07) is 25.5. The van der Waals surface area contributed by atoms with Crippen LogP contribution in [-0.4, -0.2) is 51.3 Å². The number of carbonyl (C=O) groups is 1. The molecule has 1 aliphatic rings. The molecule has 162 valence electrons. The minimum atomic E-state index is 0.154. The smallest absolute Gasteiger partial charge is 0.228 e. The van der Waals surface area contributed by atoms with Gasteiger partial charge in [-0.25, -0.2) is 4.98 Å². The van der Waals surface area contributed by atoms with Crippen LogP contribution in [0.15, 0.2) is 85.2 Å². The molecule has 2 aromatic carbocycles. The Morgan fingerprint density at radius 2 is 1.50 bits per heavy atom. The van der Waals surface area contributed by atoms with Crippen LogP contribution in [0.25, 0.3) is 5.65 Å². The van der Waals surface area contributed by atoms with E-state index in [2.05, 4.69) is 70.5 Å². The first-order valence-corrected chi connectivity index (χ1v) is 11.2. The minimum Gasteiger partial charge on any atom is -0.340 e. The molecule has 0 spiro atoms. The van der Waals surface area contributed by atoms with Gasteiger partial charge in [0.05, 0.1) is 18.2 Å². The summed E-state index contributed by atoms with van der Waals surface area (Å²) >= 11 is 0. The Kier molecular flexibility index (Phi) is 5.73. The molecule has 0 unspecified atom stereocenters. The summed E-state index contributed by atoms with van der Waals surface area (Å²) in [7, 11) is 0. The Balaban J connectivity index is 1.28. The Hall–Kier alpha value is -3.44. The highest BCUT2D eigenvalue weighted by molar-refractivity contribution is 5.78. The van der Waals surface area contributed by atoms with E-state index in [-0.39, 0.29) is 11.9 Å². The van der Waals surface area contributed by atoms with Crippen LogP contribution < -0.4 is 0 Å². The van der Waals surface area contributed by atoms with Gasteiger partial charge in [-0.3, -0.25) is 9.69 Å². The van der Waals surface area contributed by atoms with Crippen LogP contribution in [0, 0.1) is 6.92 Å². The molecule has 2 aromatic heterocycles. The van der Waals surface area contributed by atoms with Gasteiger partial charge in [-0.05, 0) is 29.7 Å². The maximum Gasteiger partial charge on any atom is 0.228 e. The van der Waals surface area contributed by atoms with E-state index in [4.69, 9.17) is 0 Å². The minimum absolute atomic E-state index is 0.154. The third kappa shape index (κ3) is 4.16. The number of fused-ring (bicyclic) bond motifs is 1. The quantitative estimate of drug-likeness (QED) is 0.484. The first-order chi connectivity index (χ1) is 15.7. The van der Waals surface area contributed by atoms with Gasteiger partial charge in [0.15, 0.2) is 0 Å². The first-order valence-electron chi connectivity index (χ1n) is 11.2. The number of aromatic nitrogens is 2. The molecule has 0 saturated carbocycles. The van der Waals surface area contributed by atoms with Gasteiger partial charge < -0.3 is 9.30 Å². The Bertz CT molecular complexity index is 1150. The molecule has 0 atom stereocenters.